The molecule has 4 aromatic rings. The largest absolute Gasteiger partial charge is 0.361 e. The fourth-order valence-electron chi connectivity index (χ4n) is 3.27. The van der Waals surface area contributed by atoms with Crippen molar-refractivity contribution in [1.29, 1.82) is 0 Å². The number of hydrogen-bond acceptors (Lipinski definition) is 4. The van der Waals surface area contributed by atoms with Crippen molar-refractivity contribution < 1.29 is 9.59 Å². The van der Waals surface area contributed by atoms with E-state index in [1.165, 1.54) is 0 Å². The number of rotatable bonds is 8. The first-order chi connectivity index (χ1) is 15.2. The second-order valence-corrected chi connectivity index (χ2v) is 7.02. The Morgan fingerprint density at radius 1 is 0.742 bits per heavy atom. The molecular formula is C23H22N6O2. The maximum atomic E-state index is 11.9. The van der Waals surface area contributed by atoms with E-state index in [-0.39, 0.29) is 24.7 Å². The first kappa shape index (κ1) is 20.1. The van der Waals surface area contributed by atoms with E-state index in [0.29, 0.717) is 6.42 Å². The Morgan fingerprint density at radius 2 is 1.19 bits per heavy atom. The molecule has 8 heteroatoms. The third kappa shape index (κ3) is 5.05. The zero-order valence-corrected chi connectivity index (χ0v) is 16.8. The van der Waals surface area contributed by atoms with E-state index >= 15 is 0 Å². The lowest BCUT2D eigenvalue weighted by molar-refractivity contribution is -0.122. The van der Waals surface area contributed by atoms with E-state index in [0.717, 1.165) is 32.9 Å². The number of nitrogens with zero attached hydrogens (tertiary/aromatic N) is 2. The highest BCUT2D eigenvalue weighted by Gasteiger charge is 2.05. The van der Waals surface area contributed by atoms with Crippen LogP contribution in [-0.4, -0.2) is 34.2 Å². The second-order valence-electron chi connectivity index (χ2n) is 7.02. The van der Waals surface area contributed by atoms with Crippen LogP contribution in [0.2, 0.25) is 0 Å². The van der Waals surface area contributed by atoms with Crippen LogP contribution in [0.1, 0.15) is 30.4 Å². The van der Waals surface area contributed by atoms with Crippen LogP contribution >= 0.6 is 0 Å². The number of carbonyl (C=O) groups is 2. The Bertz CT molecular complexity index is 1170. The third-order valence-corrected chi connectivity index (χ3v) is 4.84. The fourth-order valence-corrected chi connectivity index (χ4v) is 3.27. The molecule has 0 unspecified atom stereocenters. The summed E-state index contributed by atoms with van der Waals surface area (Å²) < 4.78 is 0. The van der Waals surface area contributed by atoms with Crippen molar-refractivity contribution in [1.82, 2.24) is 20.8 Å². The Morgan fingerprint density at radius 3 is 1.68 bits per heavy atom. The highest BCUT2D eigenvalue weighted by molar-refractivity contribution is 6.00. The molecule has 31 heavy (non-hydrogen) atoms. The Balaban J connectivity index is 1.17. The molecule has 0 bridgehead atoms. The smallest absolute Gasteiger partial charge is 0.240 e. The summed E-state index contributed by atoms with van der Waals surface area (Å²) >= 11 is 0. The molecule has 2 aromatic carbocycles. The van der Waals surface area contributed by atoms with E-state index in [2.05, 4.69) is 31.0 Å². The average molecular weight is 414 g/mol. The Labute approximate surface area is 178 Å². The highest BCUT2D eigenvalue weighted by Crippen LogP contribution is 2.16. The number of benzene rings is 2. The number of para-hydroxylation sites is 2. The normalized spacial score (nSPS) is 11.6. The number of H-pyrrole nitrogens is 2. The van der Waals surface area contributed by atoms with Crippen LogP contribution in [-0.2, 0) is 9.59 Å². The van der Waals surface area contributed by atoms with Crippen molar-refractivity contribution in [3.63, 3.8) is 0 Å². The lowest BCUT2D eigenvalue weighted by atomic mass is 10.2. The fraction of sp³-hybridized carbons (Fsp3) is 0.130. The highest BCUT2D eigenvalue weighted by atomic mass is 16.2. The second kappa shape index (κ2) is 9.53. The minimum absolute atomic E-state index is 0.199. The molecule has 2 aromatic heterocycles. The summed E-state index contributed by atoms with van der Waals surface area (Å²) in [5.74, 6) is -0.489. The van der Waals surface area contributed by atoms with E-state index in [1.54, 1.807) is 12.4 Å². The van der Waals surface area contributed by atoms with Gasteiger partial charge in [-0.25, -0.2) is 10.9 Å². The predicted molar refractivity (Wildman–Crippen MR) is 122 cm³/mol. The summed E-state index contributed by atoms with van der Waals surface area (Å²) in [6.07, 6.45) is 7.67. The SMILES string of the molecule is O=C(CCCC(=O)NN=Cc1c[nH]c2ccccc12)NN=Cc1c[nH]c2ccccc12. The Hall–Kier alpha value is -4.20. The predicted octanol–water partition coefficient (Wildman–Crippen LogP) is 3.42. The van der Waals surface area contributed by atoms with Crippen LogP contribution in [0, 0.1) is 0 Å². The molecule has 0 aliphatic carbocycles. The molecule has 156 valence electrons. The lowest BCUT2D eigenvalue weighted by Gasteiger charge is -2.00. The number of hydrazone groups is 2. The molecule has 2 heterocycles. The van der Waals surface area contributed by atoms with Gasteiger partial charge in [0, 0.05) is 58.2 Å². The van der Waals surface area contributed by atoms with E-state index < -0.39 is 0 Å². The molecule has 0 aliphatic heterocycles. The van der Waals surface area contributed by atoms with Gasteiger partial charge in [-0.05, 0) is 18.6 Å². The van der Waals surface area contributed by atoms with Gasteiger partial charge in [-0.3, -0.25) is 9.59 Å². The molecule has 0 aliphatic rings. The maximum absolute atomic E-state index is 11.9. The summed E-state index contributed by atoms with van der Waals surface area (Å²) in [5.41, 5.74) is 8.78. The summed E-state index contributed by atoms with van der Waals surface area (Å²) in [7, 11) is 0. The van der Waals surface area contributed by atoms with Crippen molar-refractivity contribution in [2.75, 3.05) is 0 Å². The van der Waals surface area contributed by atoms with Gasteiger partial charge in [0.1, 0.15) is 0 Å². The van der Waals surface area contributed by atoms with Crippen molar-refractivity contribution in [2.24, 2.45) is 10.2 Å². The molecule has 0 radical (unpaired) electrons. The van der Waals surface area contributed by atoms with Crippen LogP contribution in [0.25, 0.3) is 21.8 Å². The first-order valence-electron chi connectivity index (χ1n) is 9.97. The van der Waals surface area contributed by atoms with Crippen molar-refractivity contribution in [3.8, 4) is 0 Å². The first-order valence-corrected chi connectivity index (χ1v) is 9.97. The van der Waals surface area contributed by atoms with Gasteiger partial charge >= 0.3 is 0 Å². The number of amides is 2. The van der Waals surface area contributed by atoms with E-state index in [4.69, 9.17) is 0 Å². The molecule has 2 amide bonds. The van der Waals surface area contributed by atoms with Gasteiger partial charge in [-0.1, -0.05) is 36.4 Å². The summed E-state index contributed by atoms with van der Waals surface area (Å²) in [6, 6.07) is 15.7. The number of fused-ring (bicyclic) bond motifs is 2. The van der Waals surface area contributed by atoms with Crippen LogP contribution in [0.15, 0.2) is 71.1 Å². The van der Waals surface area contributed by atoms with Crippen LogP contribution in [0.4, 0.5) is 0 Å². The van der Waals surface area contributed by atoms with Gasteiger partial charge in [-0.15, -0.1) is 0 Å². The van der Waals surface area contributed by atoms with Gasteiger partial charge in [0.25, 0.3) is 0 Å². The Kier molecular flexibility index (Phi) is 6.18. The lowest BCUT2D eigenvalue weighted by Crippen LogP contribution is -2.20. The topological polar surface area (TPSA) is 114 Å². The maximum Gasteiger partial charge on any atom is 0.240 e. The molecular weight excluding hydrogens is 392 g/mol. The van der Waals surface area contributed by atoms with Crippen LogP contribution in [0.5, 0.6) is 0 Å². The average Bonchev–Trinajstić information content (AvgIpc) is 3.38. The zero-order valence-electron chi connectivity index (χ0n) is 16.8. The number of aromatic nitrogens is 2. The summed E-state index contributed by atoms with van der Waals surface area (Å²) in [5, 5.41) is 10.1. The van der Waals surface area contributed by atoms with Crippen molar-refractivity contribution in [2.45, 2.75) is 19.3 Å². The number of hydrogen-bond donors (Lipinski definition) is 4. The number of nitrogens with one attached hydrogen (secondary N) is 4. The van der Waals surface area contributed by atoms with Crippen LogP contribution < -0.4 is 10.9 Å². The molecule has 4 N–H and O–H groups in total. The molecule has 0 saturated carbocycles. The number of aromatic amines is 2. The van der Waals surface area contributed by atoms with Crippen molar-refractivity contribution in [3.05, 3.63) is 72.1 Å². The molecule has 8 nitrogen and oxygen atoms in total. The molecule has 0 spiro atoms. The van der Waals surface area contributed by atoms with E-state index in [1.807, 2.05) is 60.9 Å². The molecule has 4 rings (SSSR count). The molecule has 0 atom stereocenters. The van der Waals surface area contributed by atoms with E-state index in [9.17, 15) is 9.59 Å². The van der Waals surface area contributed by atoms with Gasteiger partial charge in [-0.2, -0.15) is 10.2 Å². The minimum Gasteiger partial charge on any atom is -0.361 e. The van der Waals surface area contributed by atoms with Gasteiger partial charge in [0.15, 0.2) is 0 Å². The van der Waals surface area contributed by atoms with Gasteiger partial charge in [0.2, 0.25) is 11.8 Å². The molecule has 0 saturated heterocycles. The monoisotopic (exact) mass is 414 g/mol. The minimum atomic E-state index is -0.244. The summed E-state index contributed by atoms with van der Waals surface area (Å²) in [6.45, 7) is 0. The van der Waals surface area contributed by atoms with Gasteiger partial charge in [0.05, 0.1) is 12.4 Å². The standard InChI is InChI=1S/C23H22N6O2/c30-22(28-26-14-16-12-24-20-8-3-1-6-18(16)20)10-5-11-23(31)29-27-15-17-13-25-21-9-4-2-7-19(17)21/h1-4,6-9,12-15,24-25H,5,10-11H2,(H,28,30)(H,29,31). The number of carbonyl (C=O) groups excluding carboxylic acids is 2. The van der Waals surface area contributed by atoms with Gasteiger partial charge < -0.3 is 9.97 Å². The van der Waals surface area contributed by atoms with Crippen molar-refractivity contribution >= 4 is 46.0 Å². The quantitative estimate of drug-likeness (QED) is 0.261. The zero-order chi connectivity index (χ0) is 21.5. The molecule has 0 fully saturated rings. The summed E-state index contributed by atoms with van der Waals surface area (Å²) in [4.78, 5) is 30.1. The van der Waals surface area contributed by atoms with Crippen LogP contribution in [0.3, 0.4) is 0 Å². The third-order valence-electron chi connectivity index (χ3n) is 4.84.